The lowest BCUT2D eigenvalue weighted by Gasteiger charge is -2.61. The predicted molar refractivity (Wildman–Crippen MR) is 98.7 cm³/mol. The van der Waals surface area contributed by atoms with Crippen LogP contribution >= 0.6 is 0 Å². The summed E-state index contributed by atoms with van der Waals surface area (Å²) in [6.45, 7) is 13.0. The van der Waals surface area contributed by atoms with Gasteiger partial charge in [-0.2, -0.15) is 0 Å². The lowest BCUT2D eigenvalue weighted by atomic mass is 9.44. The van der Waals surface area contributed by atoms with Crippen LogP contribution in [0.2, 0.25) is 0 Å². The lowest BCUT2D eigenvalue weighted by Crippen LogP contribution is -2.54. The Labute approximate surface area is 148 Å². The molecule has 5 fully saturated rings. The molecule has 8 atom stereocenters. The molecule has 0 aromatic rings. The van der Waals surface area contributed by atoms with Gasteiger partial charge in [0.15, 0.2) is 0 Å². The van der Waals surface area contributed by atoms with E-state index >= 15 is 0 Å². The molecule has 4 aliphatic carbocycles. The first-order chi connectivity index (χ1) is 11.4. The van der Waals surface area contributed by atoms with Gasteiger partial charge in [0.05, 0.1) is 12.2 Å². The largest absolute Gasteiger partial charge is 0.370 e. The number of fused-ring (bicyclic) bond motifs is 5. The molecule has 4 saturated carbocycles. The van der Waals surface area contributed by atoms with Crippen molar-refractivity contribution in [3.63, 3.8) is 0 Å². The highest BCUT2D eigenvalue weighted by Gasteiger charge is 2.63. The van der Waals surface area contributed by atoms with Crippen LogP contribution in [0.25, 0.3) is 0 Å². The molecule has 1 spiro atoms. The molecule has 0 aromatic heterocycles. The highest BCUT2D eigenvalue weighted by Crippen LogP contribution is 2.69. The molecule has 5 rings (SSSR count). The molecular weight excluding hydrogens is 292 g/mol. The lowest BCUT2D eigenvalue weighted by molar-refractivity contribution is -0.118. The van der Waals surface area contributed by atoms with Crippen molar-refractivity contribution < 1.29 is 4.74 Å². The van der Waals surface area contributed by atoms with Crippen LogP contribution in [0.1, 0.15) is 78.6 Å². The van der Waals surface area contributed by atoms with Crippen LogP contribution in [0, 0.1) is 40.4 Å². The Morgan fingerprint density at radius 1 is 0.917 bits per heavy atom. The van der Waals surface area contributed by atoms with Crippen LogP contribution in [0.4, 0.5) is 0 Å². The van der Waals surface area contributed by atoms with Crippen molar-refractivity contribution in [2.45, 2.75) is 84.2 Å². The summed E-state index contributed by atoms with van der Waals surface area (Å²) in [5, 5.41) is 0. The van der Waals surface area contributed by atoms with Crippen molar-refractivity contribution in [3.8, 4) is 0 Å². The molecule has 0 N–H and O–H groups in total. The number of epoxide rings is 1. The molecule has 0 aromatic carbocycles. The number of hydrogen-bond acceptors (Lipinski definition) is 1. The Hall–Kier alpha value is -0.300. The van der Waals surface area contributed by atoms with E-state index in [-0.39, 0.29) is 0 Å². The number of allylic oxidation sites excluding steroid dienone is 1. The van der Waals surface area contributed by atoms with Crippen LogP contribution in [-0.4, -0.2) is 12.2 Å². The molecule has 1 aliphatic heterocycles. The summed E-state index contributed by atoms with van der Waals surface area (Å²) in [6, 6.07) is 0. The Bertz CT molecular complexity index is 560. The third kappa shape index (κ3) is 1.97. The second-order valence-electron chi connectivity index (χ2n) is 10.9. The second kappa shape index (κ2) is 4.90. The fraction of sp³-hybridized carbons (Fsp3) is 0.913. The molecule has 24 heavy (non-hydrogen) atoms. The zero-order chi connectivity index (χ0) is 16.7. The topological polar surface area (TPSA) is 12.5 Å². The summed E-state index contributed by atoms with van der Waals surface area (Å²) in [6.07, 6.45) is 13.0. The van der Waals surface area contributed by atoms with E-state index in [9.17, 15) is 0 Å². The maximum Gasteiger partial charge on any atom is 0.0919 e. The van der Waals surface area contributed by atoms with Crippen LogP contribution in [0.15, 0.2) is 12.2 Å². The summed E-state index contributed by atoms with van der Waals surface area (Å²) in [4.78, 5) is 0. The summed E-state index contributed by atoms with van der Waals surface area (Å²) < 4.78 is 5.88. The smallest absolute Gasteiger partial charge is 0.0919 e. The summed E-state index contributed by atoms with van der Waals surface area (Å²) in [5.41, 5.74) is 2.98. The Morgan fingerprint density at radius 3 is 2.38 bits per heavy atom. The third-order valence-electron chi connectivity index (χ3n) is 9.95. The highest BCUT2D eigenvalue weighted by atomic mass is 16.6. The van der Waals surface area contributed by atoms with E-state index in [2.05, 4.69) is 27.4 Å². The van der Waals surface area contributed by atoms with Crippen molar-refractivity contribution in [2.24, 2.45) is 40.4 Å². The molecule has 0 amide bonds. The van der Waals surface area contributed by atoms with Gasteiger partial charge >= 0.3 is 0 Å². The van der Waals surface area contributed by atoms with E-state index < -0.39 is 0 Å². The van der Waals surface area contributed by atoms with Crippen LogP contribution in [0.5, 0.6) is 0 Å². The fourth-order valence-corrected chi connectivity index (χ4v) is 8.48. The van der Waals surface area contributed by atoms with E-state index in [1.807, 2.05) is 0 Å². The van der Waals surface area contributed by atoms with Crippen LogP contribution in [-0.2, 0) is 4.74 Å². The van der Waals surface area contributed by atoms with Gasteiger partial charge in [-0.05, 0) is 105 Å². The van der Waals surface area contributed by atoms with E-state index in [0.29, 0.717) is 16.4 Å². The van der Waals surface area contributed by atoms with Crippen molar-refractivity contribution in [1.29, 1.82) is 0 Å². The van der Waals surface area contributed by atoms with Crippen molar-refractivity contribution in [1.82, 2.24) is 0 Å². The second-order valence-corrected chi connectivity index (χ2v) is 10.9. The standard InChI is InChI=1S/C23H36O/c1-15(2)18-7-8-19-17-6-5-16-13-23(14-24-23)12-11-21(16,3)20(17)9-10-22(18,19)4/h16-20H,1,5-14H2,2-4H3/t16?,17-,18+,19?,20?,21-,22+,23+/m0/s1. The molecule has 1 heterocycles. The van der Waals surface area contributed by atoms with Gasteiger partial charge < -0.3 is 4.74 Å². The zero-order valence-corrected chi connectivity index (χ0v) is 16.1. The summed E-state index contributed by atoms with van der Waals surface area (Å²) in [5.74, 6) is 4.71. The maximum absolute atomic E-state index is 5.88. The Balaban J connectivity index is 1.43. The highest BCUT2D eigenvalue weighted by molar-refractivity contribution is 5.16. The minimum Gasteiger partial charge on any atom is -0.370 e. The van der Waals surface area contributed by atoms with Gasteiger partial charge in [0, 0.05) is 0 Å². The van der Waals surface area contributed by atoms with Crippen molar-refractivity contribution in [3.05, 3.63) is 12.2 Å². The molecule has 3 unspecified atom stereocenters. The molecule has 134 valence electrons. The molecule has 0 bridgehead atoms. The van der Waals surface area contributed by atoms with Gasteiger partial charge in [-0.25, -0.2) is 0 Å². The van der Waals surface area contributed by atoms with Gasteiger partial charge in [-0.3, -0.25) is 0 Å². The van der Waals surface area contributed by atoms with Gasteiger partial charge in [-0.1, -0.05) is 26.0 Å². The zero-order valence-electron chi connectivity index (χ0n) is 16.1. The normalized spacial score (nSPS) is 58.7. The fourth-order valence-electron chi connectivity index (χ4n) is 8.48. The average Bonchev–Trinajstić information content (AvgIpc) is 3.19. The monoisotopic (exact) mass is 328 g/mol. The number of rotatable bonds is 1. The minimum atomic E-state index is 0.346. The maximum atomic E-state index is 5.88. The molecule has 1 nitrogen and oxygen atoms in total. The van der Waals surface area contributed by atoms with Crippen molar-refractivity contribution >= 4 is 0 Å². The average molecular weight is 329 g/mol. The van der Waals surface area contributed by atoms with Gasteiger partial charge in [-0.15, -0.1) is 0 Å². The van der Waals surface area contributed by atoms with Gasteiger partial charge in [0.2, 0.25) is 0 Å². The minimum absolute atomic E-state index is 0.346. The number of hydrogen-bond donors (Lipinski definition) is 0. The third-order valence-corrected chi connectivity index (χ3v) is 9.95. The summed E-state index contributed by atoms with van der Waals surface area (Å²) in [7, 11) is 0. The van der Waals surface area contributed by atoms with Gasteiger partial charge in [0.25, 0.3) is 0 Å². The first kappa shape index (κ1) is 15.9. The van der Waals surface area contributed by atoms with E-state index in [1.54, 1.807) is 0 Å². The molecule has 1 heteroatoms. The van der Waals surface area contributed by atoms with Gasteiger partial charge in [0.1, 0.15) is 0 Å². The number of ether oxygens (including phenoxy) is 1. The summed E-state index contributed by atoms with van der Waals surface area (Å²) >= 11 is 0. The van der Waals surface area contributed by atoms with E-state index in [4.69, 9.17) is 4.74 Å². The quantitative estimate of drug-likeness (QED) is 0.425. The van der Waals surface area contributed by atoms with E-state index in [1.165, 1.54) is 63.4 Å². The first-order valence-corrected chi connectivity index (χ1v) is 10.7. The van der Waals surface area contributed by atoms with Crippen molar-refractivity contribution in [2.75, 3.05) is 6.61 Å². The molecular formula is C23H36O. The van der Waals surface area contributed by atoms with E-state index in [0.717, 1.165) is 36.2 Å². The SMILES string of the molecule is C=C(C)[C@H]1CCC2[C@@H]3CCC4C[C@]5(CC[C@]4(C)C3CC[C@@]21C)CO5. The van der Waals surface area contributed by atoms with Crippen LogP contribution in [0.3, 0.4) is 0 Å². The van der Waals surface area contributed by atoms with Crippen LogP contribution < -0.4 is 0 Å². The molecule has 0 radical (unpaired) electrons. The Kier molecular flexibility index (Phi) is 3.25. The molecule has 1 saturated heterocycles. The molecule has 5 aliphatic rings. The predicted octanol–water partition coefficient (Wildman–Crippen LogP) is 5.99. The first-order valence-electron chi connectivity index (χ1n) is 10.7. The Morgan fingerprint density at radius 2 is 1.67 bits per heavy atom.